The smallest absolute Gasteiger partial charge is 0.243 e. The van der Waals surface area contributed by atoms with Crippen LogP contribution in [0.25, 0.3) is 0 Å². The van der Waals surface area contributed by atoms with Crippen molar-refractivity contribution in [3.8, 4) is 0 Å². The van der Waals surface area contributed by atoms with E-state index < -0.39 is 10.0 Å². The zero-order valence-corrected chi connectivity index (χ0v) is 13.9. The van der Waals surface area contributed by atoms with E-state index >= 15 is 0 Å². The van der Waals surface area contributed by atoms with Crippen LogP contribution in [0.1, 0.15) is 26.7 Å². The lowest BCUT2D eigenvalue weighted by atomic mass is 10.2. The minimum atomic E-state index is -3.52. The molecule has 0 saturated heterocycles. The third-order valence-electron chi connectivity index (χ3n) is 3.27. The molecule has 0 bridgehead atoms. The number of rotatable bonds is 9. The lowest BCUT2D eigenvalue weighted by Crippen LogP contribution is -2.29. The summed E-state index contributed by atoms with van der Waals surface area (Å²) in [6, 6.07) is 0.504. The molecule has 0 fully saturated rings. The summed E-state index contributed by atoms with van der Waals surface area (Å²) in [6.07, 6.45) is 4.35. The summed E-state index contributed by atoms with van der Waals surface area (Å²) in [5.41, 5.74) is 0. The van der Waals surface area contributed by atoms with Crippen LogP contribution in [-0.2, 0) is 10.0 Å². The first-order chi connectivity index (χ1) is 9.86. The third-order valence-corrected chi connectivity index (χ3v) is 4.69. The molecule has 2 N–H and O–H groups in total. The highest BCUT2D eigenvalue weighted by Crippen LogP contribution is 2.07. The zero-order valence-electron chi connectivity index (χ0n) is 13.1. The van der Waals surface area contributed by atoms with Crippen molar-refractivity contribution in [1.82, 2.24) is 19.6 Å². The van der Waals surface area contributed by atoms with Gasteiger partial charge in [-0.3, -0.25) is 0 Å². The van der Waals surface area contributed by atoms with E-state index in [9.17, 15) is 8.42 Å². The van der Waals surface area contributed by atoms with Gasteiger partial charge in [0.05, 0.1) is 12.4 Å². The van der Waals surface area contributed by atoms with Crippen molar-refractivity contribution < 1.29 is 8.42 Å². The van der Waals surface area contributed by atoms with Gasteiger partial charge in [-0.25, -0.2) is 23.1 Å². The molecule has 1 heterocycles. The van der Waals surface area contributed by atoms with Crippen molar-refractivity contribution in [3.63, 3.8) is 0 Å². The summed E-state index contributed by atoms with van der Waals surface area (Å²) in [7, 11) is 0.223. The summed E-state index contributed by atoms with van der Waals surface area (Å²) >= 11 is 0. The van der Waals surface area contributed by atoms with E-state index in [0.29, 0.717) is 18.5 Å². The second-order valence-electron chi connectivity index (χ2n) is 5.17. The summed E-state index contributed by atoms with van der Waals surface area (Å²) in [5, 5.41) is 2.74. The molecule has 21 heavy (non-hydrogen) atoms. The molecule has 0 saturated carbocycles. The fourth-order valence-corrected chi connectivity index (χ4v) is 2.58. The van der Waals surface area contributed by atoms with Crippen LogP contribution in [0, 0.1) is 0 Å². The van der Waals surface area contributed by atoms with E-state index in [1.807, 2.05) is 0 Å². The fraction of sp³-hybridized carbons (Fsp3) is 0.692. The van der Waals surface area contributed by atoms with Gasteiger partial charge >= 0.3 is 0 Å². The predicted octanol–water partition coefficient (Wildman–Crippen LogP) is 0.917. The van der Waals surface area contributed by atoms with Crippen LogP contribution >= 0.6 is 0 Å². The van der Waals surface area contributed by atoms with Gasteiger partial charge < -0.3 is 10.2 Å². The molecule has 120 valence electrons. The topological polar surface area (TPSA) is 87.2 Å². The van der Waals surface area contributed by atoms with Crippen molar-refractivity contribution in [2.45, 2.75) is 37.6 Å². The minimum absolute atomic E-state index is 0.0841. The molecule has 0 aliphatic heterocycles. The molecule has 7 nitrogen and oxygen atoms in total. The first-order valence-electron chi connectivity index (χ1n) is 7.06. The van der Waals surface area contributed by atoms with Crippen LogP contribution < -0.4 is 10.0 Å². The highest BCUT2D eigenvalue weighted by molar-refractivity contribution is 7.89. The van der Waals surface area contributed by atoms with Crippen LogP contribution in [0.4, 0.5) is 5.95 Å². The van der Waals surface area contributed by atoms with Crippen molar-refractivity contribution in [2.24, 2.45) is 0 Å². The Hall–Kier alpha value is -1.25. The van der Waals surface area contributed by atoms with Gasteiger partial charge in [0.2, 0.25) is 16.0 Å². The summed E-state index contributed by atoms with van der Waals surface area (Å²) in [5.74, 6) is 0.394. The van der Waals surface area contributed by atoms with Crippen LogP contribution in [0.5, 0.6) is 0 Å². The van der Waals surface area contributed by atoms with Crippen LogP contribution in [0.3, 0.4) is 0 Å². The normalized spacial score (nSPS) is 12.1. The summed E-state index contributed by atoms with van der Waals surface area (Å²) in [6.45, 7) is 5.65. The molecular weight excluding hydrogens is 290 g/mol. The Morgan fingerprint density at radius 3 is 2.38 bits per heavy atom. The Bertz CT molecular complexity index is 516. The molecule has 0 amide bonds. The van der Waals surface area contributed by atoms with Crippen LogP contribution in [-0.4, -0.2) is 56.5 Å². The van der Waals surface area contributed by atoms with Gasteiger partial charge in [-0.05, 0) is 40.3 Å². The summed E-state index contributed by atoms with van der Waals surface area (Å²) < 4.78 is 26.6. The maximum Gasteiger partial charge on any atom is 0.243 e. The van der Waals surface area contributed by atoms with E-state index in [0.717, 1.165) is 19.4 Å². The highest BCUT2D eigenvalue weighted by Gasteiger charge is 2.14. The molecule has 0 aromatic carbocycles. The Labute approximate surface area is 127 Å². The maximum absolute atomic E-state index is 12.0. The molecule has 0 atom stereocenters. The number of anilines is 1. The van der Waals surface area contributed by atoms with Gasteiger partial charge in [-0.2, -0.15) is 0 Å². The summed E-state index contributed by atoms with van der Waals surface area (Å²) in [4.78, 5) is 10.1. The lowest BCUT2D eigenvalue weighted by molar-refractivity contribution is 0.268. The van der Waals surface area contributed by atoms with Gasteiger partial charge in [0.1, 0.15) is 4.90 Å². The molecule has 1 aromatic rings. The first-order valence-corrected chi connectivity index (χ1v) is 8.55. The molecule has 0 aliphatic carbocycles. The van der Waals surface area contributed by atoms with Crippen LogP contribution in [0.2, 0.25) is 0 Å². The van der Waals surface area contributed by atoms with Gasteiger partial charge in [0.15, 0.2) is 0 Å². The van der Waals surface area contributed by atoms with E-state index in [-0.39, 0.29) is 4.90 Å². The SMILES string of the molecule is CNc1ncc(S(=O)(=O)NCCCCN(C)C(C)C)cn1. The van der Waals surface area contributed by atoms with E-state index in [1.54, 1.807) is 7.05 Å². The van der Waals surface area contributed by atoms with Crippen molar-refractivity contribution in [3.05, 3.63) is 12.4 Å². The lowest BCUT2D eigenvalue weighted by Gasteiger charge is -2.20. The van der Waals surface area contributed by atoms with Crippen molar-refractivity contribution in [2.75, 3.05) is 32.5 Å². The van der Waals surface area contributed by atoms with Gasteiger partial charge in [0, 0.05) is 19.6 Å². The maximum atomic E-state index is 12.0. The first kappa shape index (κ1) is 17.8. The number of nitrogens with zero attached hydrogens (tertiary/aromatic N) is 3. The number of hydrogen-bond acceptors (Lipinski definition) is 6. The Kier molecular flexibility index (Phi) is 7.00. The standard InChI is InChI=1S/C13H25N5O2S/c1-11(2)18(4)8-6-5-7-17-21(19,20)12-9-15-13(14-3)16-10-12/h9-11,17H,5-8H2,1-4H3,(H,14,15,16). The largest absolute Gasteiger partial charge is 0.357 e. The van der Waals surface area contributed by atoms with Gasteiger partial charge in [0.25, 0.3) is 0 Å². The van der Waals surface area contributed by atoms with Gasteiger partial charge in [-0.1, -0.05) is 0 Å². The molecule has 8 heteroatoms. The van der Waals surface area contributed by atoms with E-state index in [1.165, 1.54) is 12.4 Å². The molecule has 1 aromatic heterocycles. The predicted molar refractivity (Wildman–Crippen MR) is 83.8 cm³/mol. The quantitative estimate of drug-likeness (QED) is 0.659. The Balaban J connectivity index is 2.39. The third kappa shape index (κ3) is 5.94. The number of sulfonamides is 1. The fourth-order valence-electron chi connectivity index (χ4n) is 1.62. The molecular formula is C13H25N5O2S. The molecule has 0 aliphatic rings. The van der Waals surface area contributed by atoms with E-state index in [4.69, 9.17) is 0 Å². The van der Waals surface area contributed by atoms with Crippen molar-refractivity contribution >= 4 is 16.0 Å². The number of nitrogens with one attached hydrogen (secondary N) is 2. The monoisotopic (exact) mass is 315 g/mol. The average Bonchev–Trinajstić information content (AvgIpc) is 2.46. The number of aromatic nitrogens is 2. The molecule has 0 spiro atoms. The zero-order chi connectivity index (χ0) is 15.9. The average molecular weight is 315 g/mol. The van der Waals surface area contributed by atoms with E-state index in [2.05, 4.69) is 45.8 Å². The molecule has 1 rings (SSSR count). The molecule has 0 radical (unpaired) electrons. The van der Waals surface area contributed by atoms with Crippen LogP contribution in [0.15, 0.2) is 17.3 Å². The highest BCUT2D eigenvalue weighted by atomic mass is 32.2. The van der Waals surface area contributed by atoms with Crippen molar-refractivity contribution in [1.29, 1.82) is 0 Å². The Morgan fingerprint density at radius 2 is 1.86 bits per heavy atom. The number of unbranched alkanes of at least 4 members (excludes halogenated alkanes) is 1. The second-order valence-corrected chi connectivity index (χ2v) is 6.94. The Morgan fingerprint density at radius 1 is 1.24 bits per heavy atom. The molecule has 0 unspecified atom stereocenters. The van der Waals surface area contributed by atoms with Gasteiger partial charge in [-0.15, -0.1) is 0 Å². The number of hydrogen-bond donors (Lipinski definition) is 2. The minimum Gasteiger partial charge on any atom is -0.357 e. The second kappa shape index (κ2) is 8.26.